The first-order chi connectivity index (χ1) is 9.89. The molecule has 4 heteroatoms. The number of rotatable bonds is 4. The van der Waals surface area contributed by atoms with E-state index in [0.717, 1.165) is 35.5 Å². The van der Waals surface area contributed by atoms with Crippen LogP contribution in [0.5, 0.6) is 0 Å². The van der Waals surface area contributed by atoms with E-state index in [1.807, 2.05) is 13.8 Å². The monoisotopic (exact) mass is 288 g/mol. The van der Waals surface area contributed by atoms with E-state index in [9.17, 15) is 4.79 Å². The molecule has 2 heterocycles. The van der Waals surface area contributed by atoms with Crippen molar-refractivity contribution in [1.29, 1.82) is 0 Å². The molecule has 114 valence electrons. The van der Waals surface area contributed by atoms with Crippen LogP contribution in [0.2, 0.25) is 0 Å². The van der Waals surface area contributed by atoms with Crippen molar-refractivity contribution in [3.63, 3.8) is 0 Å². The highest BCUT2D eigenvalue weighted by atomic mass is 16.5. The predicted octanol–water partition coefficient (Wildman–Crippen LogP) is 3.99. The first kappa shape index (κ1) is 15.5. The number of carbonyl (C=O) groups excluding carboxylic acids is 1. The smallest absolute Gasteiger partial charge is 0.339 e. The number of hydrogen-bond donors (Lipinski definition) is 1. The van der Waals surface area contributed by atoms with Crippen LogP contribution in [0.3, 0.4) is 0 Å². The molecule has 1 N–H and O–H groups in total. The Hall–Kier alpha value is -1.84. The Morgan fingerprint density at radius 3 is 2.71 bits per heavy atom. The summed E-state index contributed by atoms with van der Waals surface area (Å²) in [5.74, 6) is -0.262. The molecule has 0 spiro atoms. The van der Waals surface area contributed by atoms with E-state index in [-0.39, 0.29) is 11.4 Å². The number of nitrogens with one attached hydrogen (secondary N) is 1. The summed E-state index contributed by atoms with van der Waals surface area (Å²) in [6.45, 7) is 10.7. The Morgan fingerprint density at radius 1 is 1.48 bits per heavy atom. The number of hydrogen-bond acceptors (Lipinski definition) is 3. The molecule has 1 aromatic rings. The van der Waals surface area contributed by atoms with E-state index in [1.54, 1.807) is 6.20 Å². The van der Waals surface area contributed by atoms with Gasteiger partial charge in [-0.15, -0.1) is 0 Å². The molecule has 1 aliphatic rings. The Bertz CT molecular complexity index is 606. The number of ether oxygens (including phenoxy) is 1. The van der Waals surface area contributed by atoms with Gasteiger partial charge in [0.2, 0.25) is 0 Å². The average molecular weight is 288 g/mol. The number of nitrogens with zero attached hydrogens (tertiary/aromatic N) is 1. The summed E-state index contributed by atoms with van der Waals surface area (Å²) >= 11 is 0. The first-order valence-corrected chi connectivity index (χ1v) is 7.52. The fraction of sp³-hybridized carbons (Fsp3) is 0.529. The SMILES string of the molecule is CCOC(=O)c1c[nH]c(/C=C2/CC(C)(C)C(C)=N2)c1CC. The zero-order valence-electron chi connectivity index (χ0n) is 13.5. The molecule has 4 nitrogen and oxygen atoms in total. The maximum Gasteiger partial charge on any atom is 0.339 e. The molecule has 0 saturated carbocycles. The normalized spacial score (nSPS) is 18.9. The number of aromatic nitrogens is 1. The zero-order chi connectivity index (χ0) is 15.6. The average Bonchev–Trinajstić information content (AvgIpc) is 2.91. The highest BCUT2D eigenvalue weighted by Crippen LogP contribution is 2.35. The molecule has 0 atom stereocenters. The second-order valence-corrected chi connectivity index (χ2v) is 6.06. The van der Waals surface area contributed by atoms with Gasteiger partial charge in [-0.2, -0.15) is 0 Å². The van der Waals surface area contributed by atoms with Gasteiger partial charge in [-0.1, -0.05) is 20.8 Å². The summed E-state index contributed by atoms with van der Waals surface area (Å²) in [7, 11) is 0. The van der Waals surface area contributed by atoms with Gasteiger partial charge in [0, 0.05) is 35.1 Å². The number of esters is 1. The van der Waals surface area contributed by atoms with Crippen LogP contribution >= 0.6 is 0 Å². The maximum absolute atomic E-state index is 11.9. The molecule has 21 heavy (non-hydrogen) atoms. The van der Waals surface area contributed by atoms with Crippen molar-refractivity contribution < 1.29 is 9.53 Å². The number of H-pyrrole nitrogens is 1. The predicted molar refractivity (Wildman–Crippen MR) is 85.6 cm³/mol. The Labute approximate surface area is 126 Å². The lowest BCUT2D eigenvalue weighted by atomic mass is 9.86. The van der Waals surface area contributed by atoms with Gasteiger partial charge < -0.3 is 9.72 Å². The quantitative estimate of drug-likeness (QED) is 0.852. The number of aromatic amines is 1. The second-order valence-electron chi connectivity index (χ2n) is 6.06. The number of carbonyl (C=O) groups is 1. The Kier molecular flexibility index (Phi) is 4.35. The van der Waals surface area contributed by atoms with E-state index in [4.69, 9.17) is 4.74 Å². The third-order valence-electron chi connectivity index (χ3n) is 4.10. The number of allylic oxidation sites excluding steroid dienone is 1. The van der Waals surface area contributed by atoms with Crippen LogP contribution in [-0.2, 0) is 11.2 Å². The molecule has 0 aromatic carbocycles. The van der Waals surface area contributed by atoms with Crippen LogP contribution < -0.4 is 0 Å². The molecule has 0 amide bonds. The molecule has 0 fully saturated rings. The van der Waals surface area contributed by atoms with E-state index >= 15 is 0 Å². The molecule has 0 radical (unpaired) electrons. The highest BCUT2D eigenvalue weighted by molar-refractivity contribution is 5.93. The molecule has 0 bridgehead atoms. The summed E-state index contributed by atoms with van der Waals surface area (Å²) < 4.78 is 5.10. The fourth-order valence-corrected chi connectivity index (χ4v) is 2.61. The second kappa shape index (κ2) is 5.88. The molecular weight excluding hydrogens is 264 g/mol. The third kappa shape index (κ3) is 3.09. The third-order valence-corrected chi connectivity index (χ3v) is 4.10. The maximum atomic E-state index is 11.9. The fourth-order valence-electron chi connectivity index (χ4n) is 2.61. The minimum Gasteiger partial charge on any atom is -0.462 e. The minimum absolute atomic E-state index is 0.120. The van der Waals surface area contributed by atoms with Crippen molar-refractivity contribution in [2.45, 2.75) is 47.5 Å². The molecule has 1 aliphatic heterocycles. The lowest BCUT2D eigenvalue weighted by Gasteiger charge is -2.16. The van der Waals surface area contributed by atoms with Crippen LogP contribution in [-0.4, -0.2) is 23.3 Å². The van der Waals surface area contributed by atoms with Gasteiger partial charge in [-0.05, 0) is 31.9 Å². The molecule has 0 saturated heterocycles. The van der Waals surface area contributed by atoms with Crippen LogP contribution in [0.4, 0.5) is 0 Å². The lowest BCUT2D eigenvalue weighted by molar-refractivity contribution is 0.0525. The van der Waals surface area contributed by atoms with Gasteiger partial charge in [0.15, 0.2) is 0 Å². The summed E-state index contributed by atoms with van der Waals surface area (Å²) in [6, 6.07) is 0. The van der Waals surface area contributed by atoms with Crippen LogP contribution in [0.15, 0.2) is 16.9 Å². The molecule has 2 rings (SSSR count). The van der Waals surface area contributed by atoms with Crippen LogP contribution in [0.25, 0.3) is 6.08 Å². The van der Waals surface area contributed by atoms with Crippen LogP contribution in [0.1, 0.15) is 62.7 Å². The first-order valence-electron chi connectivity index (χ1n) is 7.52. The molecule has 0 unspecified atom stereocenters. The van der Waals surface area contributed by atoms with Gasteiger partial charge in [0.25, 0.3) is 0 Å². The van der Waals surface area contributed by atoms with Gasteiger partial charge in [-0.25, -0.2) is 4.79 Å². The zero-order valence-corrected chi connectivity index (χ0v) is 13.5. The Balaban J connectivity index is 2.33. The topological polar surface area (TPSA) is 54.5 Å². The standard InChI is InChI=1S/C17H24N2O2/c1-6-13-14(16(20)21-7-2)10-18-15(13)8-12-9-17(4,5)11(3)19-12/h8,10,18H,6-7,9H2,1-5H3/b12-8-. The highest BCUT2D eigenvalue weighted by Gasteiger charge is 2.29. The molecular formula is C17H24N2O2. The van der Waals surface area contributed by atoms with Crippen molar-refractivity contribution in [3.8, 4) is 0 Å². The van der Waals surface area contributed by atoms with Crippen molar-refractivity contribution >= 4 is 17.8 Å². The number of aliphatic imine (C=N–C) groups is 1. The van der Waals surface area contributed by atoms with Crippen LogP contribution in [0, 0.1) is 5.41 Å². The lowest BCUT2D eigenvalue weighted by Crippen LogP contribution is -2.15. The van der Waals surface area contributed by atoms with E-state index in [1.165, 1.54) is 0 Å². The summed E-state index contributed by atoms with van der Waals surface area (Å²) in [5, 5.41) is 0. The van der Waals surface area contributed by atoms with Crippen molar-refractivity contribution in [2.75, 3.05) is 6.61 Å². The van der Waals surface area contributed by atoms with Gasteiger partial charge in [-0.3, -0.25) is 4.99 Å². The van der Waals surface area contributed by atoms with Crippen molar-refractivity contribution in [3.05, 3.63) is 28.7 Å². The van der Waals surface area contributed by atoms with Crippen molar-refractivity contribution in [2.24, 2.45) is 10.4 Å². The summed E-state index contributed by atoms with van der Waals surface area (Å²) in [4.78, 5) is 19.8. The van der Waals surface area contributed by atoms with Gasteiger partial charge >= 0.3 is 5.97 Å². The molecule has 0 aliphatic carbocycles. The van der Waals surface area contributed by atoms with Gasteiger partial charge in [0.05, 0.1) is 12.2 Å². The van der Waals surface area contributed by atoms with E-state index in [2.05, 4.69) is 36.8 Å². The van der Waals surface area contributed by atoms with E-state index in [0.29, 0.717) is 12.2 Å². The van der Waals surface area contributed by atoms with Gasteiger partial charge in [0.1, 0.15) is 0 Å². The Morgan fingerprint density at radius 2 is 2.19 bits per heavy atom. The largest absolute Gasteiger partial charge is 0.462 e. The minimum atomic E-state index is -0.262. The summed E-state index contributed by atoms with van der Waals surface area (Å²) in [5.41, 5.74) is 4.93. The van der Waals surface area contributed by atoms with Crippen molar-refractivity contribution in [1.82, 2.24) is 4.98 Å². The molecule has 1 aromatic heterocycles. The summed E-state index contributed by atoms with van der Waals surface area (Å²) in [6.07, 6.45) is 5.50. The van der Waals surface area contributed by atoms with E-state index < -0.39 is 0 Å².